The smallest absolute Gasteiger partial charge is 0.246 e. The number of carbonyl (C=O) groups excluding carboxylic acids is 1. The first kappa shape index (κ1) is 11.2. The van der Waals surface area contributed by atoms with Gasteiger partial charge in [-0.05, 0) is 0 Å². The second-order valence-electron chi connectivity index (χ2n) is 2.42. The molecule has 1 saturated heterocycles. The lowest BCUT2D eigenvalue weighted by molar-refractivity contribution is -0.118. The van der Waals surface area contributed by atoms with Crippen LogP contribution >= 0.6 is 0 Å². The van der Waals surface area contributed by atoms with E-state index in [9.17, 15) is 4.79 Å². The third-order valence-corrected chi connectivity index (χ3v) is 1.29. The lowest BCUT2D eigenvalue weighted by Crippen LogP contribution is -2.25. The molecule has 1 aliphatic heterocycles. The maximum Gasteiger partial charge on any atom is 0.246 e. The number of carbonyl (C=O) groups is 1. The van der Waals surface area contributed by atoms with E-state index in [0.717, 1.165) is 0 Å². The fraction of sp³-hybridized carbons (Fsp3) is 0.500. The second kappa shape index (κ2) is 4.96. The Morgan fingerprint density at radius 3 is 2.31 bits per heavy atom. The Morgan fingerprint density at radius 2 is 2.23 bits per heavy atom. The molecular weight excluding hydrogens is 172 g/mol. The van der Waals surface area contributed by atoms with Gasteiger partial charge in [-0.3, -0.25) is 20.9 Å². The van der Waals surface area contributed by atoms with Gasteiger partial charge in [0.2, 0.25) is 5.91 Å². The number of hydrogen-bond acceptors (Lipinski definition) is 3. The molecule has 1 aliphatic rings. The minimum Gasteiger partial charge on any atom is -0.370 e. The minimum absolute atomic E-state index is 0.00463. The van der Waals surface area contributed by atoms with Gasteiger partial charge in [-0.2, -0.15) is 0 Å². The van der Waals surface area contributed by atoms with Gasteiger partial charge in [0, 0.05) is 14.1 Å². The minimum atomic E-state index is -0.0995. The number of nitrogens with one attached hydrogen (secondary N) is 4. The zero-order valence-electron chi connectivity index (χ0n) is 7.64. The monoisotopic (exact) mass is 186 g/mol. The van der Waals surface area contributed by atoms with Crippen LogP contribution in [0, 0.1) is 10.8 Å². The highest BCUT2D eigenvalue weighted by molar-refractivity contribution is 6.02. The standard InChI is InChI=1S/C4H7N3O.C2H7N3/c1-7-2-3(8)6-4(7)5;1-5-2(3)4/h2H2,1H3,(H2,5,6,8);1H3,(H4,3,4,5). The molecule has 0 radical (unpaired) electrons. The fourth-order valence-corrected chi connectivity index (χ4v) is 0.561. The van der Waals surface area contributed by atoms with Crippen molar-refractivity contribution >= 4 is 17.8 Å². The van der Waals surface area contributed by atoms with E-state index in [1.807, 2.05) is 0 Å². The van der Waals surface area contributed by atoms with Gasteiger partial charge in [0.15, 0.2) is 11.9 Å². The quantitative estimate of drug-likeness (QED) is 0.224. The predicted molar refractivity (Wildman–Crippen MR) is 49.5 cm³/mol. The molecule has 74 valence electrons. The van der Waals surface area contributed by atoms with Crippen molar-refractivity contribution in [2.75, 3.05) is 20.6 Å². The van der Waals surface area contributed by atoms with E-state index < -0.39 is 0 Å². The van der Waals surface area contributed by atoms with Crippen LogP contribution in [0.15, 0.2) is 0 Å². The number of nitrogens with zero attached hydrogens (tertiary/aromatic N) is 1. The third kappa shape index (κ3) is 4.62. The van der Waals surface area contributed by atoms with Crippen molar-refractivity contribution in [3.8, 4) is 0 Å². The summed E-state index contributed by atoms with van der Waals surface area (Å²) in [6, 6.07) is 0. The number of hydrogen-bond donors (Lipinski definition) is 5. The van der Waals surface area contributed by atoms with Gasteiger partial charge in [-0.15, -0.1) is 0 Å². The summed E-state index contributed by atoms with van der Waals surface area (Å²) in [4.78, 5) is 11.9. The first-order valence-electron chi connectivity index (χ1n) is 3.58. The number of nitrogens with two attached hydrogens (primary N) is 1. The number of likely N-dealkylation sites (N-methyl/N-ethyl adjacent to an activating group) is 1. The van der Waals surface area contributed by atoms with Crippen molar-refractivity contribution in [1.29, 1.82) is 10.8 Å². The van der Waals surface area contributed by atoms with Crippen molar-refractivity contribution in [3.63, 3.8) is 0 Å². The Kier molecular flexibility index (Phi) is 4.28. The molecule has 7 nitrogen and oxygen atoms in total. The molecule has 6 N–H and O–H groups in total. The Morgan fingerprint density at radius 1 is 1.77 bits per heavy atom. The molecule has 13 heavy (non-hydrogen) atoms. The summed E-state index contributed by atoms with van der Waals surface area (Å²) in [5.41, 5.74) is 4.76. The Bertz CT molecular complexity index is 225. The molecular formula is C6H14N6O. The van der Waals surface area contributed by atoms with Crippen molar-refractivity contribution in [2.45, 2.75) is 0 Å². The summed E-state index contributed by atoms with van der Waals surface area (Å²) in [6.07, 6.45) is 0. The highest BCUT2D eigenvalue weighted by Gasteiger charge is 2.18. The Labute approximate surface area is 76.3 Å². The summed E-state index contributed by atoms with van der Waals surface area (Å²) in [5.74, 6) is 0.0949. The molecule has 1 heterocycles. The van der Waals surface area contributed by atoms with Crippen LogP contribution in [0.1, 0.15) is 0 Å². The number of amides is 1. The summed E-state index contributed by atoms with van der Waals surface area (Å²) in [5, 5.41) is 18.1. The van der Waals surface area contributed by atoms with Gasteiger partial charge in [0.1, 0.15) is 0 Å². The molecule has 0 unspecified atom stereocenters. The van der Waals surface area contributed by atoms with Crippen LogP contribution in [0.2, 0.25) is 0 Å². The largest absolute Gasteiger partial charge is 0.370 e. The van der Waals surface area contributed by atoms with E-state index in [1.165, 1.54) is 0 Å². The van der Waals surface area contributed by atoms with Crippen LogP contribution in [0.3, 0.4) is 0 Å². The van der Waals surface area contributed by atoms with Crippen LogP contribution in [-0.4, -0.2) is 43.4 Å². The van der Waals surface area contributed by atoms with Gasteiger partial charge >= 0.3 is 0 Å². The average Bonchev–Trinajstić information content (AvgIpc) is 2.31. The Balaban J connectivity index is 0.000000252. The molecule has 0 saturated carbocycles. The molecule has 1 amide bonds. The first-order chi connectivity index (χ1) is 5.97. The number of rotatable bonds is 0. The van der Waals surface area contributed by atoms with Crippen LogP contribution in [-0.2, 0) is 4.79 Å². The molecule has 0 aromatic heterocycles. The van der Waals surface area contributed by atoms with E-state index in [2.05, 4.69) is 10.6 Å². The van der Waals surface area contributed by atoms with Gasteiger partial charge in [-0.1, -0.05) is 0 Å². The lowest BCUT2D eigenvalue weighted by atomic mass is 10.6. The highest BCUT2D eigenvalue weighted by atomic mass is 16.2. The SMILES string of the molecule is CN1CC(=O)NC1=N.CNC(=N)N. The van der Waals surface area contributed by atoms with Gasteiger partial charge in [-0.25, -0.2) is 0 Å². The lowest BCUT2D eigenvalue weighted by Gasteiger charge is -2.03. The van der Waals surface area contributed by atoms with Crippen molar-refractivity contribution < 1.29 is 4.79 Å². The van der Waals surface area contributed by atoms with Gasteiger partial charge in [0.25, 0.3) is 0 Å². The van der Waals surface area contributed by atoms with Crippen molar-refractivity contribution in [3.05, 3.63) is 0 Å². The molecule has 7 heteroatoms. The van der Waals surface area contributed by atoms with Crippen LogP contribution in [0.5, 0.6) is 0 Å². The molecule has 0 atom stereocenters. The second-order valence-corrected chi connectivity index (χ2v) is 2.42. The topological polar surface area (TPSA) is 118 Å². The van der Waals surface area contributed by atoms with Crippen molar-refractivity contribution in [1.82, 2.24) is 15.5 Å². The summed E-state index contributed by atoms with van der Waals surface area (Å²) < 4.78 is 0. The maximum absolute atomic E-state index is 10.4. The van der Waals surface area contributed by atoms with E-state index >= 15 is 0 Å². The molecule has 1 rings (SSSR count). The summed E-state index contributed by atoms with van der Waals surface area (Å²) in [6.45, 7) is 0.318. The normalized spacial score (nSPS) is 14.5. The predicted octanol–water partition coefficient (Wildman–Crippen LogP) is -1.92. The van der Waals surface area contributed by atoms with E-state index in [1.54, 1.807) is 19.0 Å². The molecule has 0 aromatic carbocycles. The van der Waals surface area contributed by atoms with Gasteiger partial charge in [0.05, 0.1) is 6.54 Å². The highest BCUT2D eigenvalue weighted by Crippen LogP contribution is 1.89. The van der Waals surface area contributed by atoms with E-state index in [4.69, 9.17) is 16.6 Å². The first-order valence-corrected chi connectivity index (χ1v) is 3.58. The molecule has 0 aliphatic carbocycles. The van der Waals surface area contributed by atoms with E-state index in [0.29, 0.717) is 6.54 Å². The van der Waals surface area contributed by atoms with Crippen molar-refractivity contribution in [2.24, 2.45) is 5.73 Å². The average molecular weight is 186 g/mol. The summed E-state index contributed by atoms with van der Waals surface area (Å²) in [7, 11) is 3.29. The molecule has 0 aromatic rings. The van der Waals surface area contributed by atoms with Crippen LogP contribution in [0.4, 0.5) is 0 Å². The molecule has 1 fully saturated rings. The maximum atomic E-state index is 10.4. The zero-order chi connectivity index (χ0) is 10.4. The van der Waals surface area contributed by atoms with E-state index in [-0.39, 0.29) is 17.8 Å². The van der Waals surface area contributed by atoms with Crippen LogP contribution < -0.4 is 16.4 Å². The van der Waals surface area contributed by atoms with Crippen LogP contribution in [0.25, 0.3) is 0 Å². The zero-order valence-corrected chi connectivity index (χ0v) is 7.64. The third-order valence-electron chi connectivity index (χ3n) is 1.29. The summed E-state index contributed by atoms with van der Waals surface area (Å²) >= 11 is 0. The Hall–Kier alpha value is -1.79. The number of guanidine groups is 2. The van der Waals surface area contributed by atoms with Gasteiger partial charge < -0.3 is 16.0 Å². The molecule has 0 bridgehead atoms. The molecule has 0 spiro atoms. The fourth-order valence-electron chi connectivity index (χ4n) is 0.561.